The van der Waals surface area contributed by atoms with Crippen molar-refractivity contribution >= 4 is 34.0 Å². The van der Waals surface area contributed by atoms with Crippen molar-refractivity contribution in [1.82, 2.24) is 20.2 Å². The van der Waals surface area contributed by atoms with Gasteiger partial charge in [0.1, 0.15) is 27.3 Å². The first-order valence-electron chi connectivity index (χ1n) is 10.8. The molecule has 0 spiro atoms. The maximum absolute atomic E-state index is 14.3. The predicted octanol–water partition coefficient (Wildman–Crippen LogP) is 1.89. The molecule has 1 saturated carbocycles. The fraction of sp³-hybridized carbons (Fsp3) is 0.273. The van der Waals surface area contributed by atoms with E-state index < -0.39 is 11.8 Å². The Hall–Kier alpha value is -4.13. The molecule has 2 aliphatic rings. The second-order valence-electron chi connectivity index (χ2n) is 8.26. The van der Waals surface area contributed by atoms with Crippen molar-refractivity contribution in [3.63, 3.8) is 0 Å². The number of nitrogens with zero attached hydrogens (tertiary/aromatic N) is 5. The second-order valence-corrected chi connectivity index (χ2v) is 9.24. The third-order valence-corrected chi connectivity index (χ3v) is 7.16. The summed E-state index contributed by atoms with van der Waals surface area (Å²) >= 11 is 1.15. The first kappa shape index (κ1) is 22.7. The van der Waals surface area contributed by atoms with Gasteiger partial charge in [-0.1, -0.05) is 17.8 Å². The van der Waals surface area contributed by atoms with Crippen molar-refractivity contribution in [2.24, 2.45) is 11.5 Å². The zero-order valence-electron chi connectivity index (χ0n) is 18.4. The molecule has 11 nitrogen and oxygen atoms in total. The molecule has 0 saturated heterocycles. The van der Waals surface area contributed by atoms with E-state index in [-0.39, 0.29) is 29.4 Å². The van der Waals surface area contributed by atoms with Gasteiger partial charge in [-0.2, -0.15) is 0 Å². The maximum Gasteiger partial charge on any atom is 0.285 e. The summed E-state index contributed by atoms with van der Waals surface area (Å²) in [6.45, 7) is 0.471. The molecule has 0 bridgehead atoms. The van der Waals surface area contributed by atoms with Crippen molar-refractivity contribution < 1.29 is 18.7 Å². The zero-order valence-corrected chi connectivity index (χ0v) is 19.2. The Morgan fingerprint density at radius 1 is 1.20 bits per heavy atom. The van der Waals surface area contributed by atoms with Crippen LogP contribution in [0.5, 0.6) is 0 Å². The minimum Gasteiger partial charge on any atom is -0.465 e. The topological polar surface area (TPSA) is 162 Å². The van der Waals surface area contributed by atoms with Crippen LogP contribution in [-0.4, -0.2) is 45.3 Å². The molecular formula is C22H21FN8O3S. The molecule has 1 aliphatic heterocycles. The average molecular weight is 497 g/mol. The Balaban J connectivity index is 1.33. The molecule has 1 aliphatic carbocycles. The highest BCUT2D eigenvalue weighted by Crippen LogP contribution is 2.43. The highest BCUT2D eigenvalue weighted by molar-refractivity contribution is 7.19. The molecule has 0 atom stereocenters. The molecule has 2 amide bonds. The summed E-state index contributed by atoms with van der Waals surface area (Å²) in [4.78, 5) is 33.4. The van der Waals surface area contributed by atoms with E-state index in [0.29, 0.717) is 33.8 Å². The lowest BCUT2D eigenvalue weighted by Gasteiger charge is -2.41. The molecular weight excluding hydrogens is 475 g/mol. The third kappa shape index (κ3) is 4.25. The van der Waals surface area contributed by atoms with Crippen LogP contribution in [0, 0.1) is 5.82 Å². The van der Waals surface area contributed by atoms with E-state index in [0.717, 1.165) is 30.6 Å². The lowest BCUT2D eigenvalue weighted by Crippen LogP contribution is -2.42. The Labute approximate surface area is 203 Å². The van der Waals surface area contributed by atoms with E-state index in [9.17, 15) is 14.0 Å². The molecule has 0 unspecified atom stereocenters. The molecule has 35 heavy (non-hydrogen) atoms. The lowest BCUT2D eigenvalue weighted by molar-refractivity contribution is -0.117. The second kappa shape index (κ2) is 8.91. The number of nitrogens with two attached hydrogens (primary N) is 2. The van der Waals surface area contributed by atoms with E-state index in [1.54, 1.807) is 24.4 Å². The summed E-state index contributed by atoms with van der Waals surface area (Å²) < 4.78 is 19.6. The standard InChI is InChI=1S/C22H21FN8O3S/c23-12-3-1-8-26-17(12)22(6-2-7-22)10-27-15-5-4-13(29-30-15)20-28-16(19(25)33)21(35-20)31-9-14(18(24)32)34-11-31/h1,3-5,8-9H,2,6-7,10-11H2,(H2,24,32)(H2,25,33)(H,27,30). The monoisotopic (exact) mass is 496 g/mol. The maximum atomic E-state index is 14.3. The van der Waals surface area contributed by atoms with Crippen molar-refractivity contribution in [3.8, 4) is 10.7 Å². The number of carbonyl (C=O) groups is 2. The summed E-state index contributed by atoms with van der Waals surface area (Å²) in [6, 6.07) is 6.46. The number of hydrogen-bond donors (Lipinski definition) is 3. The van der Waals surface area contributed by atoms with E-state index >= 15 is 0 Å². The smallest absolute Gasteiger partial charge is 0.285 e. The minimum absolute atomic E-state index is 0.00661. The molecule has 3 aromatic heterocycles. The quantitative estimate of drug-likeness (QED) is 0.423. The first-order valence-corrected chi connectivity index (χ1v) is 11.6. The van der Waals surface area contributed by atoms with Gasteiger partial charge in [0.15, 0.2) is 12.4 Å². The van der Waals surface area contributed by atoms with Gasteiger partial charge >= 0.3 is 0 Å². The van der Waals surface area contributed by atoms with Gasteiger partial charge in [-0.3, -0.25) is 14.6 Å². The number of hydrogen-bond acceptors (Lipinski definition) is 10. The number of ether oxygens (including phenoxy) is 1. The van der Waals surface area contributed by atoms with Gasteiger partial charge in [0.05, 0.1) is 11.9 Å². The first-order chi connectivity index (χ1) is 16.9. The van der Waals surface area contributed by atoms with E-state index in [4.69, 9.17) is 16.2 Å². The number of thiazole rings is 1. The van der Waals surface area contributed by atoms with E-state index in [2.05, 4.69) is 25.5 Å². The molecule has 180 valence electrons. The fourth-order valence-electron chi connectivity index (χ4n) is 4.06. The number of primary amides is 2. The van der Waals surface area contributed by atoms with Crippen LogP contribution in [-0.2, 0) is 14.9 Å². The van der Waals surface area contributed by atoms with Gasteiger partial charge in [0.2, 0.25) is 5.76 Å². The summed E-state index contributed by atoms with van der Waals surface area (Å²) in [6.07, 6.45) is 5.68. The Morgan fingerprint density at radius 3 is 2.63 bits per heavy atom. The SMILES string of the molecule is NC(=O)C1=CN(c2sc(-c3ccc(NCC4(c5ncccc5F)CCC4)nn3)nc2C(N)=O)CO1. The zero-order chi connectivity index (χ0) is 24.6. The van der Waals surface area contributed by atoms with Gasteiger partial charge < -0.3 is 26.4 Å². The highest BCUT2D eigenvalue weighted by Gasteiger charge is 2.41. The molecule has 0 aromatic carbocycles. The number of aromatic nitrogens is 4. The molecule has 0 radical (unpaired) electrons. The summed E-state index contributed by atoms with van der Waals surface area (Å²) in [5, 5.41) is 12.5. The minimum atomic E-state index is -0.734. The van der Waals surface area contributed by atoms with Crippen LogP contribution in [0.4, 0.5) is 15.2 Å². The number of anilines is 2. The van der Waals surface area contributed by atoms with Gasteiger partial charge in [-0.05, 0) is 37.1 Å². The Bertz CT molecular complexity index is 1320. The average Bonchev–Trinajstić information content (AvgIpc) is 3.48. The van der Waals surface area contributed by atoms with Crippen molar-refractivity contribution in [1.29, 1.82) is 0 Å². The largest absolute Gasteiger partial charge is 0.465 e. The Kier molecular flexibility index (Phi) is 5.76. The molecule has 4 heterocycles. The number of nitrogens with one attached hydrogen (secondary N) is 1. The number of rotatable bonds is 8. The summed E-state index contributed by atoms with van der Waals surface area (Å²) in [5.74, 6) is -1.27. The van der Waals surface area contributed by atoms with E-state index in [1.807, 2.05) is 0 Å². The van der Waals surface area contributed by atoms with Crippen LogP contribution < -0.4 is 21.7 Å². The molecule has 5 N–H and O–H groups in total. The van der Waals surface area contributed by atoms with Crippen LogP contribution >= 0.6 is 11.3 Å². The molecule has 5 rings (SSSR count). The number of pyridine rings is 1. The Morgan fingerprint density at radius 2 is 2.03 bits per heavy atom. The predicted molar refractivity (Wildman–Crippen MR) is 126 cm³/mol. The summed E-state index contributed by atoms with van der Waals surface area (Å²) in [7, 11) is 0. The van der Waals surface area contributed by atoms with Gasteiger partial charge in [-0.15, -0.1) is 10.2 Å². The van der Waals surface area contributed by atoms with Crippen molar-refractivity contribution in [2.45, 2.75) is 24.7 Å². The van der Waals surface area contributed by atoms with Crippen LogP contribution in [0.2, 0.25) is 0 Å². The van der Waals surface area contributed by atoms with Crippen LogP contribution in [0.15, 0.2) is 42.4 Å². The summed E-state index contributed by atoms with van der Waals surface area (Å²) in [5.41, 5.74) is 11.3. The van der Waals surface area contributed by atoms with Crippen LogP contribution in [0.1, 0.15) is 35.4 Å². The lowest BCUT2D eigenvalue weighted by atomic mass is 9.66. The molecule has 13 heteroatoms. The van der Waals surface area contributed by atoms with Crippen molar-refractivity contribution in [2.75, 3.05) is 23.5 Å². The molecule has 3 aromatic rings. The molecule has 1 fully saturated rings. The number of halogens is 1. The highest BCUT2D eigenvalue weighted by atomic mass is 32.1. The van der Waals surface area contributed by atoms with Crippen LogP contribution in [0.3, 0.4) is 0 Å². The van der Waals surface area contributed by atoms with Gasteiger partial charge in [-0.25, -0.2) is 9.37 Å². The normalized spacial score (nSPS) is 16.3. The van der Waals surface area contributed by atoms with E-state index in [1.165, 1.54) is 17.2 Å². The van der Waals surface area contributed by atoms with Gasteiger partial charge in [0, 0.05) is 18.2 Å². The third-order valence-electron chi connectivity index (χ3n) is 6.04. The number of amides is 2. The number of carbonyl (C=O) groups excluding carboxylic acids is 2. The van der Waals surface area contributed by atoms with Crippen LogP contribution in [0.25, 0.3) is 10.7 Å². The van der Waals surface area contributed by atoms with Gasteiger partial charge in [0.25, 0.3) is 11.8 Å². The van der Waals surface area contributed by atoms with Crippen molar-refractivity contribution in [3.05, 3.63) is 59.6 Å². The fourth-order valence-corrected chi connectivity index (χ4v) is 5.06.